The average Bonchev–Trinajstić information content (AvgIpc) is 2.59. The van der Waals surface area contributed by atoms with Crippen LogP contribution in [0.5, 0.6) is 0 Å². The van der Waals surface area contributed by atoms with Gasteiger partial charge in [0.1, 0.15) is 0 Å². The van der Waals surface area contributed by atoms with Crippen LogP contribution in [-0.4, -0.2) is 0 Å². The zero-order valence-electron chi connectivity index (χ0n) is 17.4. The van der Waals surface area contributed by atoms with Gasteiger partial charge in [-0.1, -0.05) is 122 Å². The predicted molar refractivity (Wildman–Crippen MR) is 119 cm³/mol. The monoisotopic (exact) mass is 379 g/mol. The van der Waals surface area contributed by atoms with Gasteiger partial charge in [0.2, 0.25) is 0 Å². The summed E-state index contributed by atoms with van der Waals surface area (Å²) in [6, 6.07) is 10.7. The fraction of sp³-hybridized carbons (Fsp3) is 0.708. The van der Waals surface area contributed by atoms with E-state index in [2.05, 4.69) is 51.1 Å². The van der Waals surface area contributed by atoms with Gasteiger partial charge in [-0.05, 0) is 17.4 Å². The molecular formula is C24H42ClN. The van der Waals surface area contributed by atoms with Gasteiger partial charge >= 0.3 is 0 Å². The first kappa shape index (κ1) is 27.7. The zero-order valence-corrected chi connectivity index (χ0v) is 18.3. The van der Waals surface area contributed by atoms with Crippen LogP contribution in [0.4, 0.5) is 0 Å². The fourth-order valence-corrected chi connectivity index (χ4v) is 3.51. The summed E-state index contributed by atoms with van der Waals surface area (Å²) in [4.78, 5) is 0. The molecule has 1 aromatic rings. The number of benzene rings is 1. The average molecular weight is 380 g/mol. The lowest BCUT2D eigenvalue weighted by molar-refractivity contribution is 0.255. The number of nitrogens with two attached hydrogens (primary N) is 1. The van der Waals surface area contributed by atoms with Gasteiger partial charge in [0, 0.05) is 13.5 Å². The second kappa shape index (κ2) is 16.6. The molecular weight excluding hydrogens is 338 g/mol. The van der Waals surface area contributed by atoms with Crippen LogP contribution in [0.1, 0.15) is 109 Å². The van der Waals surface area contributed by atoms with E-state index in [0.29, 0.717) is 0 Å². The molecule has 0 saturated carbocycles. The lowest BCUT2D eigenvalue weighted by atomic mass is 9.77. The molecule has 0 aliphatic heterocycles. The molecule has 26 heavy (non-hydrogen) atoms. The molecule has 150 valence electrons. The molecule has 0 aliphatic rings. The summed E-state index contributed by atoms with van der Waals surface area (Å²) >= 11 is 0. The Hall–Kier alpha value is -0.530. The normalized spacial score (nSPS) is 12.2. The molecule has 0 heterocycles. The highest BCUT2D eigenvalue weighted by atomic mass is 35.5. The SMILES string of the molecule is CCCCCCCCCCCCCC(C)(C)C(N)c1ccccc1.Cl.[C]. The molecule has 1 nitrogen and oxygen atoms in total. The third-order valence-corrected chi connectivity index (χ3v) is 5.43. The van der Waals surface area contributed by atoms with Crippen molar-refractivity contribution >= 4 is 12.4 Å². The third kappa shape index (κ3) is 12.0. The fourth-order valence-electron chi connectivity index (χ4n) is 3.51. The smallest absolute Gasteiger partial charge is 0.0346 e. The van der Waals surface area contributed by atoms with E-state index in [9.17, 15) is 0 Å². The quantitative estimate of drug-likeness (QED) is 0.326. The molecule has 0 saturated heterocycles. The van der Waals surface area contributed by atoms with Gasteiger partial charge in [0.15, 0.2) is 0 Å². The van der Waals surface area contributed by atoms with Crippen LogP contribution < -0.4 is 5.73 Å². The van der Waals surface area contributed by atoms with E-state index in [1.807, 2.05) is 0 Å². The minimum atomic E-state index is 0. The zero-order chi connectivity index (χ0) is 17.7. The van der Waals surface area contributed by atoms with Crippen LogP contribution in [-0.2, 0) is 0 Å². The lowest BCUT2D eigenvalue weighted by Crippen LogP contribution is -2.29. The van der Waals surface area contributed by atoms with Crippen molar-refractivity contribution in [2.75, 3.05) is 0 Å². The van der Waals surface area contributed by atoms with Gasteiger partial charge in [-0.15, -0.1) is 12.4 Å². The summed E-state index contributed by atoms with van der Waals surface area (Å²) in [7, 11) is 0. The number of unbranched alkanes of at least 4 members (excludes halogenated alkanes) is 10. The molecule has 1 unspecified atom stereocenters. The van der Waals surface area contributed by atoms with Crippen LogP contribution >= 0.6 is 12.4 Å². The Morgan fingerprint density at radius 1 is 0.769 bits per heavy atom. The molecule has 0 fully saturated rings. The molecule has 2 heteroatoms. The Kier molecular flexibility index (Phi) is 17.7. The first-order chi connectivity index (χ1) is 11.6. The highest BCUT2D eigenvalue weighted by Gasteiger charge is 2.26. The van der Waals surface area contributed by atoms with Gasteiger partial charge in [-0.2, -0.15) is 0 Å². The van der Waals surface area contributed by atoms with Crippen molar-refractivity contribution in [1.29, 1.82) is 0 Å². The van der Waals surface area contributed by atoms with Crippen molar-refractivity contribution in [2.24, 2.45) is 11.1 Å². The first-order valence-electron chi connectivity index (χ1n) is 10.4. The second-order valence-corrected chi connectivity index (χ2v) is 8.16. The molecule has 0 amide bonds. The molecule has 4 radical (unpaired) electrons. The standard InChI is InChI=1S/C23H41N.C.ClH/c1-4-5-6-7-8-9-10-11-12-13-17-20-23(2,3)22(24)21-18-15-14-16-19-21;;/h14-16,18-19,22H,4-13,17,20,24H2,1-3H3;;1H. The topological polar surface area (TPSA) is 26.0 Å². The van der Waals surface area contributed by atoms with Gasteiger partial charge in [0.25, 0.3) is 0 Å². The summed E-state index contributed by atoms with van der Waals surface area (Å²) < 4.78 is 0. The largest absolute Gasteiger partial charge is 0.324 e. The van der Waals surface area contributed by atoms with Gasteiger partial charge in [0.05, 0.1) is 0 Å². The van der Waals surface area contributed by atoms with E-state index < -0.39 is 0 Å². The van der Waals surface area contributed by atoms with Crippen molar-refractivity contribution in [3.8, 4) is 0 Å². The van der Waals surface area contributed by atoms with Crippen molar-refractivity contribution in [1.82, 2.24) is 0 Å². The van der Waals surface area contributed by atoms with Crippen LogP contribution in [0.15, 0.2) is 30.3 Å². The Morgan fingerprint density at radius 2 is 1.19 bits per heavy atom. The van der Waals surface area contributed by atoms with Crippen molar-refractivity contribution < 1.29 is 0 Å². The first-order valence-corrected chi connectivity index (χ1v) is 10.4. The van der Waals surface area contributed by atoms with Crippen molar-refractivity contribution in [2.45, 2.75) is 104 Å². The number of hydrogen-bond acceptors (Lipinski definition) is 1. The van der Waals surface area contributed by atoms with E-state index in [1.54, 1.807) is 0 Å². The number of hydrogen-bond donors (Lipinski definition) is 1. The van der Waals surface area contributed by atoms with Gasteiger partial charge in [-0.3, -0.25) is 0 Å². The minimum absolute atomic E-state index is 0. The van der Waals surface area contributed by atoms with E-state index in [0.717, 1.165) is 0 Å². The molecule has 1 atom stereocenters. The van der Waals surface area contributed by atoms with E-state index >= 15 is 0 Å². The highest BCUT2D eigenvalue weighted by molar-refractivity contribution is 5.85. The van der Waals surface area contributed by atoms with Crippen LogP contribution in [0.2, 0.25) is 0 Å². The van der Waals surface area contributed by atoms with Crippen molar-refractivity contribution in [3.05, 3.63) is 43.3 Å². The molecule has 0 aromatic heterocycles. The third-order valence-electron chi connectivity index (χ3n) is 5.43. The Bertz CT molecular complexity index is 402. The van der Waals surface area contributed by atoms with E-state index in [1.165, 1.54) is 82.6 Å². The molecule has 2 N–H and O–H groups in total. The lowest BCUT2D eigenvalue weighted by Gasteiger charge is -2.32. The van der Waals surface area contributed by atoms with Gasteiger partial charge in [-0.25, -0.2) is 0 Å². The summed E-state index contributed by atoms with van der Waals surface area (Å²) in [6.07, 6.45) is 16.7. The maximum Gasteiger partial charge on any atom is 0.0346 e. The predicted octanol–water partition coefficient (Wildman–Crippen LogP) is 7.92. The Labute approximate surface area is 170 Å². The highest BCUT2D eigenvalue weighted by Crippen LogP contribution is 2.36. The molecule has 0 spiro atoms. The van der Waals surface area contributed by atoms with Crippen LogP contribution in [0.3, 0.4) is 0 Å². The molecule has 0 aliphatic carbocycles. The summed E-state index contributed by atoms with van der Waals surface area (Å²) in [6.45, 7) is 6.93. The molecule has 1 rings (SSSR count). The maximum atomic E-state index is 6.50. The van der Waals surface area contributed by atoms with Crippen molar-refractivity contribution in [3.63, 3.8) is 0 Å². The van der Waals surface area contributed by atoms with Crippen LogP contribution in [0, 0.1) is 12.8 Å². The van der Waals surface area contributed by atoms with E-state index in [-0.39, 0.29) is 31.3 Å². The maximum absolute atomic E-state index is 6.50. The molecule has 1 aromatic carbocycles. The van der Waals surface area contributed by atoms with E-state index in [4.69, 9.17) is 5.73 Å². The summed E-state index contributed by atoms with van der Waals surface area (Å²) in [5, 5.41) is 0. The minimum Gasteiger partial charge on any atom is -0.324 e. The Balaban J connectivity index is 0. The summed E-state index contributed by atoms with van der Waals surface area (Å²) in [5.41, 5.74) is 7.95. The number of halogens is 1. The second-order valence-electron chi connectivity index (χ2n) is 8.16. The van der Waals surface area contributed by atoms with Crippen LogP contribution in [0.25, 0.3) is 0 Å². The number of rotatable bonds is 14. The van der Waals surface area contributed by atoms with Gasteiger partial charge < -0.3 is 5.73 Å². The Morgan fingerprint density at radius 3 is 1.65 bits per heavy atom. The summed E-state index contributed by atoms with van der Waals surface area (Å²) in [5.74, 6) is 0. The molecule has 0 bridgehead atoms.